The Morgan fingerprint density at radius 1 is 1.58 bits per heavy atom. The van der Waals surface area contributed by atoms with Crippen LogP contribution in [0.5, 0.6) is 0 Å². The molecule has 0 bridgehead atoms. The normalized spacial score (nSPS) is 18.2. The third-order valence-corrected chi connectivity index (χ3v) is 4.14. The van der Waals surface area contributed by atoms with Gasteiger partial charge in [0.05, 0.1) is 12.6 Å². The number of hydrogen-bond donors (Lipinski definition) is 2. The molecule has 0 radical (unpaired) electrons. The first-order valence-electron chi connectivity index (χ1n) is 6.79. The zero-order chi connectivity index (χ0) is 13.5. The zero-order valence-electron chi connectivity index (χ0n) is 11.2. The quantitative estimate of drug-likeness (QED) is 0.830. The first-order chi connectivity index (χ1) is 9.29. The van der Waals surface area contributed by atoms with Crippen molar-refractivity contribution in [3.8, 4) is 0 Å². The van der Waals surface area contributed by atoms with Crippen LogP contribution < -0.4 is 10.6 Å². The Hall–Kier alpha value is -0.980. The maximum Gasteiger partial charge on any atom is 0.234 e. The van der Waals surface area contributed by atoms with Crippen LogP contribution in [0.2, 0.25) is 0 Å². The van der Waals surface area contributed by atoms with Gasteiger partial charge in [-0.3, -0.25) is 10.1 Å². The van der Waals surface area contributed by atoms with Crippen molar-refractivity contribution < 1.29 is 9.53 Å². The van der Waals surface area contributed by atoms with Crippen LogP contribution in [-0.4, -0.2) is 36.7 Å². The molecule has 0 spiro atoms. The molecule has 2 N–H and O–H groups in total. The van der Waals surface area contributed by atoms with E-state index in [0.29, 0.717) is 6.54 Å². The van der Waals surface area contributed by atoms with Gasteiger partial charge in [0.15, 0.2) is 0 Å². The van der Waals surface area contributed by atoms with E-state index in [1.165, 1.54) is 0 Å². The first-order valence-corrected chi connectivity index (χ1v) is 7.67. The van der Waals surface area contributed by atoms with Gasteiger partial charge in [0.25, 0.3) is 0 Å². The molecule has 1 unspecified atom stereocenters. The molecular weight excluding hydrogens is 262 g/mol. The Morgan fingerprint density at radius 3 is 3.00 bits per heavy atom. The summed E-state index contributed by atoms with van der Waals surface area (Å²) in [6.07, 6.45) is 4.55. The van der Waals surface area contributed by atoms with E-state index in [0.717, 1.165) is 37.5 Å². The number of rotatable bonds is 6. The Bertz CT molecular complexity index is 377. The summed E-state index contributed by atoms with van der Waals surface area (Å²) in [5.41, 5.74) is 0. The topological polar surface area (TPSA) is 63.2 Å². The summed E-state index contributed by atoms with van der Waals surface area (Å²) in [5, 5.41) is 9.31. The molecule has 1 fully saturated rings. The molecule has 1 aromatic rings. The van der Waals surface area contributed by atoms with Gasteiger partial charge in [-0.1, -0.05) is 6.92 Å². The number of nitrogens with zero attached hydrogens (tertiary/aromatic N) is 1. The van der Waals surface area contributed by atoms with Crippen LogP contribution in [0.25, 0.3) is 0 Å². The van der Waals surface area contributed by atoms with Crippen molar-refractivity contribution in [3.05, 3.63) is 16.6 Å². The SMILES string of the molecule is CCC(NCC(=O)NC1CCOCC1)c1nccs1. The molecule has 1 atom stereocenters. The maximum absolute atomic E-state index is 11.9. The number of ether oxygens (including phenoxy) is 1. The Kier molecular flexibility index (Phi) is 5.75. The van der Waals surface area contributed by atoms with E-state index in [-0.39, 0.29) is 18.0 Å². The molecule has 6 heteroatoms. The third kappa shape index (κ3) is 4.56. The number of carbonyl (C=O) groups excluding carboxylic acids is 1. The standard InChI is InChI=1S/C13H21N3O2S/c1-2-11(13-14-5-8-19-13)15-9-12(17)16-10-3-6-18-7-4-10/h5,8,10-11,15H,2-4,6-7,9H2,1H3,(H,16,17). The molecule has 2 rings (SSSR count). The zero-order valence-corrected chi connectivity index (χ0v) is 12.0. The predicted octanol–water partition coefficient (Wildman–Crippen LogP) is 1.48. The van der Waals surface area contributed by atoms with Crippen molar-refractivity contribution in [2.75, 3.05) is 19.8 Å². The van der Waals surface area contributed by atoms with Crippen LogP contribution in [0, 0.1) is 0 Å². The molecule has 19 heavy (non-hydrogen) atoms. The molecule has 1 saturated heterocycles. The highest BCUT2D eigenvalue weighted by atomic mass is 32.1. The second kappa shape index (κ2) is 7.57. The second-order valence-corrected chi connectivity index (χ2v) is 5.59. The molecule has 1 aromatic heterocycles. The summed E-state index contributed by atoms with van der Waals surface area (Å²) in [5.74, 6) is 0.0573. The number of aromatic nitrogens is 1. The Balaban J connectivity index is 1.72. The number of amides is 1. The molecule has 0 aliphatic carbocycles. The van der Waals surface area contributed by atoms with Crippen molar-refractivity contribution in [2.24, 2.45) is 0 Å². The van der Waals surface area contributed by atoms with Gasteiger partial charge in [-0.2, -0.15) is 0 Å². The van der Waals surface area contributed by atoms with Gasteiger partial charge in [-0.25, -0.2) is 4.98 Å². The highest BCUT2D eigenvalue weighted by Gasteiger charge is 2.17. The van der Waals surface area contributed by atoms with E-state index in [4.69, 9.17) is 4.74 Å². The maximum atomic E-state index is 11.9. The van der Waals surface area contributed by atoms with Gasteiger partial charge >= 0.3 is 0 Å². The molecule has 0 aromatic carbocycles. The van der Waals surface area contributed by atoms with E-state index < -0.39 is 0 Å². The molecule has 5 nitrogen and oxygen atoms in total. The number of hydrogen-bond acceptors (Lipinski definition) is 5. The largest absolute Gasteiger partial charge is 0.381 e. The fraction of sp³-hybridized carbons (Fsp3) is 0.692. The van der Waals surface area contributed by atoms with Crippen LogP contribution in [-0.2, 0) is 9.53 Å². The van der Waals surface area contributed by atoms with Gasteiger partial charge in [-0.05, 0) is 19.3 Å². The van der Waals surface area contributed by atoms with Crippen LogP contribution in [0.15, 0.2) is 11.6 Å². The lowest BCUT2D eigenvalue weighted by atomic mass is 10.1. The lowest BCUT2D eigenvalue weighted by Gasteiger charge is -2.23. The lowest BCUT2D eigenvalue weighted by Crippen LogP contribution is -2.43. The molecule has 2 heterocycles. The van der Waals surface area contributed by atoms with Crippen molar-refractivity contribution in [1.29, 1.82) is 0 Å². The van der Waals surface area contributed by atoms with E-state index >= 15 is 0 Å². The van der Waals surface area contributed by atoms with Crippen LogP contribution in [0.3, 0.4) is 0 Å². The van der Waals surface area contributed by atoms with Crippen molar-refractivity contribution in [1.82, 2.24) is 15.6 Å². The molecule has 0 saturated carbocycles. The summed E-state index contributed by atoms with van der Waals surface area (Å²) < 4.78 is 5.27. The van der Waals surface area contributed by atoms with Crippen molar-refractivity contribution in [2.45, 2.75) is 38.3 Å². The van der Waals surface area contributed by atoms with Gasteiger partial charge in [-0.15, -0.1) is 11.3 Å². The highest BCUT2D eigenvalue weighted by Crippen LogP contribution is 2.18. The minimum atomic E-state index is 0.0573. The minimum absolute atomic E-state index is 0.0573. The lowest BCUT2D eigenvalue weighted by molar-refractivity contribution is -0.121. The fourth-order valence-corrected chi connectivity index (χ4v) is 2.95. The molecule has 1 amide bonds. The monoisotopic (exact) mass is 283 g/mol. The second-order valence-electron chi connectivity index (χ2n) is 4.67. The van der Waals surface area contributed by atoms with E-state index in [1.54, 1.807) is 17.5 Å². The summed E-state index contributed by atoms with van der Waals surface area (Å²) in [4.78, 5) is 16.2. The summed E-state index contributed by atoms with van der Waals surface area (Å²) in [6, 6.07) is 0.434. The smallest absolute Gasteiger partial charge is 0.234 e. The summed E-state index contributed by atoms with van der Waals surface area (Å²) in [7, 11) is 0. The van der Waals surface area contributed by atoms with Crippen molar-refractivity contribution in [3.63, 3.8) is 0 Å². The van der Waals surface area contributed by atoms with Crippen LogP contribution >= 0.6 is 11.3 Å². The number of carbonyl (C=O) groups is 1. The predicted molar refractivity (Wildman–Crippen MR) is 75.1 cm³/mol. The average Bonchev–Trinajstić information content (AvgIpc) is 2.95. The first kappa shape index (κ1) is 14.4. The number of thiazole rings is 1. The molecular formula is C13H21N3O2S. The van der Waals surface area contributed by atoms with Crippen LogP contribution in [0.1, 0.15) is 37.2 Å². The molecule has 1 aliphatic rings. The minimum Gasteiger partial charge on any atom is -0.381 e. The van der Waals surface area contributed by atoms with Gasteiger partial charge < -0.3 is 10.1 Å². The molecule has 1 aliphatic heterocycles. The van der Waals surface area contributed by atoms with E-state index in [1.807, 2.05) is 5.38 Å². The van der Waals surface area contributed by atoms with Gasteiger partial charge in [0.2, 0.25) is 5.91 Å². The van der Waals surface area contributed by atoms with E-state index in [2.05, 4.69) is 22.5 Å². The average molecular weight is 283 g/mol. The van der Waals surface area contributed by atoms with Crippen LogP contribution in [0.4, 0.5) is 0 Å². The fourth-order valence-electron chi connectivity index (χ4n) is 2.15. The van der Waals surface area contributed by atoms with Gasteiger partial charge in [0, 0.05) is 30.8 Å². The van der Waals surface area contributed by atoms with Crippen molar-refractivity contribution >= 4 is 17.2 Å². The van der Waals surface area contributed by atoms with E-state index in [9.17, 15) is 4.79 Å². The van der Waals surface area contributed by atoms with Gasteiger partial charge in [0.1, 0.15) is 5.01 Å². The summed E-state index contributed by atoms with van der Waals surface area (Å²) >= 11 is 1.62. The highest BCUT2D eigenvalue weighted by molar-refractivity contribution is 7.09. The third-order valence-electron chi connectivity index (χ3n) is 3.25. The molecule has 106 valence electrons. The summed E-state index contributed by atoms with van der Waals surface area (Å²) in [6.45, 7) is 3.93. The Morgan fingerprint density at radius 2 is 2.37 bits per heavy atom. The number of nitrogens with one attached hydrogen (secondary N) is 2. The Labute approximate surface area is 117 Å².